The Kier molecular flexibility index (Phi) is 4.02. The van der Waals surface area contributed by atoms with Crippen LogP contribution in [0.5, 0.6) is 0 Å². The molecule has 53 valence electrons. The molecule has 1 aromatic rings. The second-order valence-corrected chi connectivity index (χ2v) is 1.60. The minimum Gasteiger partial charge on any atom is -0.476 e. The zero-order valence-corrected chi connectivity index (χ0v) is 7.87. The maximum atomic E-state index is 10.3. The van der Waals surface area contributed by atoms with Crippen molar-refractivity contribution in [2.75, 3.05) is 0 Å². The molecule has 1 rings (SSSR count). The van der Waals surface area contributed by atoms with Crippen LogP contribution in [0.3, 0.4) is 0 Å². The van der Waals surface area contributed by atoms with Gasteiger partial charge >= 0.3 is 5.97 Å². The Morgan fingerprint density at radius 2 is 2.27 bits per heavy atom. The first-order chi connectivity index (χ1) is 4.70. The van der Waals surface area contributed by atoms with Crippen molar-refractivity contribution in [2.24, 2.45) is 0 Å². The molecule has 0 saturated carbocycles. The van der Waals surface area contributed by atoms with Crippen LogP contribution in [0, 0.1) is 0 Å². The van der Waals surface area contributed by atoms with Gasteiger partial charge in [-0.05, 0) is 0 Å². The fraction of sp³-hybridized carbons (Fsp3) is 0. The Morgan fingerprint density at radius 3 is 2.64 bits per heavy atom. The van der Waals surface area contributed by atoms with Gasteiger partial charge in [-0.1, -0.05) is 0 Å². The summed E-state index contributed by atoms with van der Waals surface area (Å²) < 4.78 is 0. The fourth-order valence-electron chi connectivity index (χ4n) is 0.459. The number of hydrogen-bond donors (Lipinski definition) is 2. The van der Waals surface area contributed by atoms with E-state index in [2.05, 4.69) is 9.97 Å². The largest absolute Gasteiger partial charge is 0.476 e. The van der Waals surface area contributed by atoms with Crippen molar-refractivity contribution in [3.05, 3.63) is 28.4 Å². The molecule has 0 aromatic carbocycles. The van der Waals surface area contributed by atoms with E-state index in [-0.39, 0.29) is 35.3 Å². The normalized spacial score (nSPS) is 8.36. The van der Waals surface area contributed by atoms with Crippen LogP contribution >= 0.6 is 0 Å². The summed E-state index contributed by atoms with van der Waals surface area (Å²) in [4.78, 5) is 26.0. The van der Waals surface area contributed by atoms with E-state index >= 15 is 0 Å². The number of nitrogens with zero attached hydrogens (tertiary/aromatic N) is 1. The maximum absolute atomic E-state index is 10.3. The number of nitrogens with one attached hydrogen (secondary N) is 1. The third-order valence-corrected chi connectivity index (χ3v) is 0.891. The minimum absolute atomic E-state index is 0. The predicted molar refractivity (Wildman–Crippen MR) is 37.6 cm³/mol. The molecule has 0 bridgehead atoms. The molecule has 0 aliphatic heterocycles. The van der Waals surface area contributed by atoms with Crippen molar-refractivity contribution in [1.29, 1.82) is 0 Å². The van der Waals surface area contributed by atoms with E-state index in [0.29, 0.717) is 0 Å². The molecule has 0 aliphatic carbocycles. The monoisotopic (exact) mass is 163 g/mol. The summed E-state index contributed by atoms with van der Waals surface area (Å²) in [7, 11) is 0. The number of aromatic nitrogens is 2. The Bertz CT molecular complexity index is 288. The smallest absolute Gasteiger partial charge is 0.356 e. The van der Waals surface area contributed by atoms with Crippen LogP contribution in [0.2, 0.25) is 0 Å². The van der Waals surface area contributed by atoms with Crippen LogP contribution in [0.15, 0.2) is 17.2 Å². The molecule has 5 nitrogen and oxygen atoms in total. The van der Waals surface area contributed by atoms with Gasteiger partial charge in [0.1, 0.15) is 0 Å². The number of carbonyl (C=O) groups is 1. The van der Waals surface area contributed by atoms with Gasteiger partial charge in [-0.2, -0.15) is 0 Å². The van der Waals surface area contributed by atoms with E-state index in [1.807, 2.05) is 0 Å². The van der Waals surface area contributed by atoms with Gasteiger partial charge in [0, 0.05) is 35.8 Å². The molecule has 6 heteroatoms. The van der Waals surface area contributed by atoms with E-state index in [1.165, 1.54) is 0 Å². The van der Waals surface area contributed by atoms with Gasteiger partial charge in [0.15, 0.2) is 5.69 Å². The second-order valence-electron chi connectivity index (χ2n) is 1.60. The molecule has 0 saturated heterocycles. The number of carboxylic acids is 1. The zero-order valence-electron chi connectivity index (χ0n) is 5.87. The predicted octanol–water partition coefficient (Wildman–Crippen LogP) is -0.913. The Balaban J connectivity index is 0.000001000. The first-order valence-corrected chi connectivity index (χ1v) is 2.48. The molecular weight excluding hydrogens is 159 g/mol. The van der Waals surface area contributed by atoms with Gasteiger partial charge in [-0.25, -0.2) is 9.78 Å². The van der Waals surface area contributed by atoms with E-state index in [9.17, 15) is 9.59 Å². The summed E-state index contributed by atoms with van der Waals surface area (Å²) in [6.45, 7) is 0. The first kappa shape index (κ1) is 10.3. The minimum atomic E-state index is -1.16. The summed E-state index contributed by atoms with van der Waals surface area (Å²) in [6.07, 6.45) is 1.97. The van der Waals surface area contributed by atoms with Gasteiger partial charge in [-0.15, -0.1) is 0 Å². The van der Waals surface area contributed by atoms with Gasteiger partial charge in [0.25, 0.3) is 5.56 Å². The number of carboxylic acid groups (broad SMARTS) is 1. The Hall–Kier alpha value is -0.650. The van der Waals surface area contributed by atoms with Crippen molar-refractivity contribution < 1.29 is 9.90 Å². The summed E-state index contributed by atoms with van der Waals surface area (Å²) >= 11 is 0. The molecule has 0 amide bonds. The summed E-state index contributed by atoms with van der Waals surface area (Å²) in [5, 5.41) is 8.29. The average Bonchev–Trinajstić information content (AvgIpc) is 1.88. The quantitative estimate of drug-likeness (QED) is 0.525. The Labute approximate surface area is 83.8 Å². The molecule has 0 aliphatic rings. The van der Waals surface area contributed by atoms with Gasteiger partial charge in [-0.3, -0.25) is 4.79 Å². The molecular formula is C5H4N2NaO3. The van der Waals surface area contributed by atoms with E-state index < -0.39 is 11.5 Å². The van der Waals surface area contributed by atoms with E-state index in [1.54, 1.807) is 0 Å². The van der Waals surface area contributed by atoms with Crippen LogP contribution in [0.1, 0.15) is 10.5 Å². The summed E-state index contributed by atoms with van der Waals surface area (Å²) in [5.74, 6) is -1.16. The summed E-state index contributed by atoms with van der Waals surface area (Å²) in [6, 6.07) is 0. The van der Waals surface area contributed by atoms with Gasteiger partial charge in [0.05, 0.1) is 6.20 Å². The van der Waals surface area contributed by atoms with Crippen molar-refractivity contribution in [2.45, 2.75) is 0 Å². The third kappa shape index (κ3) is 2.83. The standard InChI is InChI=1S/C5H4N2O3.Na/c8-4-2-6-3(1-7-4)5(9)10;/h1-2H,(H,7,8)(H,9,10);. The first-order valence-electron chi connectivity index (χ1n) is 2.48. The number of H-pyrrole nitrogens is 1. The van der Waals surface area contributed by atoms with Crippen LogP contribution in [-0.2, 0) is 0 Å². The molecule has 0 fully saturated rings. The average molecular weight is 163 g/mol. The van der Waals surface area contributed by atoms with Crippen molar-refractivity contribution >= 4 is 35.5 Å². The molecule has 1 heterocycles. The van der Waals surface area contributed by atoms with Gasteiger partial charge in [0.2, 0.25) is 0 Å². The molecule has 1 radical (unpaired) electrons. The number of rotatable bonds is 1. The van der Waals surface area contributed by atoms with Crippen molar-refractivity contribution in [3.63, 3.8) is 0 Å². The fourth-order valence-corrected chi connectivity index (χ4v) is 0.459. The Morgan fingerprint density at radius 1 is 1.64 bits per heavy atom. The van der Waals surface area contributed by atoms with Crippen LogP contribution in [0.4, 0.5) is 0 Å². The third-order valence-electron chi connectivity index (χ3n) is 0.891. The maximum Gasteiger partial charge on any atom is 0.356 e. The van der Waals surface area contributed by atoms with E-state index in [4.69, 9.17) is 5.11 Å². The molecule has 11 heavy (non-hydrogen) atoms. The molecule has 0 atom stereocenters. The summed E-state index contributed by atoms with van der Waals surface area (Å²) in [5.41, 5.74) is -0.579. The van der Waals surface area contributed by atoms with Crippen LogP contribution in [-0.4, -0.2) is 50.6 Å². The van der Waals surface area contributed by atoms with Crippen LogP contribution in [0.25, 0.3) is 0 Å². The van der Waals surface area contributed by atoms with E-state index in [0.717, 1.165) is 12.4 Å². The van der Waals surface area contributed by atoms with Crippen LogP contribution < -0.4 is 5.56 Å². The van der Waals surface area contributed by atoms with Crippen molar-refractivity contribution in [3.8, 4) is 0 Å². The number of hydrogen-bond acceptors (Lipinski definition) is 3. The SMILES string of the molecule is O=C(O)c1c[nH]c(=O)cn1.[Na]. The van der Waals surface area contributed by atoms with Crippen molar-refractivity contribution in [1.82, 2.24) is 9.97 Å². The number of aromatic carboxylic acids is 1. The molecule has 1 aromatic heterocycles. The topological polar surface area (TPSA) is 83.0 Å². The molecule has 0 unspecified atom stereocenters. The molecule has 0 spiro atoms. The van der Waals surface area contributed by atoms with Gasteiger partial charge < -0.3 is 10.1 Å². The zero-order chi connectivity index (χ0) is 7.56. The number of aromatic amines is 1. The molecule has 2 N–H and O–H groups in total. The second kappa shape index (κ2) is 4.27.